The Morgan fingerprint density at radius 2 is 2.19 bits per heavy atom. The molecule has 0 saturated carbocycles. The molecule has 0 atom stereocenters. The zero-order valence-electron chi connectivity index (χ0n) is 14.4. The van der Waals surface area contributed by atoms with Gasteiger partial charge in [0.05, 0.1) is 12.2 Å². The molecule has 0 radical (unpaired) electrons. The molecule has 2 aliphatic rings. The molecule has 0 saturated heterocycles. The van der Waals surface area contributed by atoms with Gasteiger partial charge in [0, 0.05) is 37.9 Å². The summed E-state index contributed by atoms with van der Waals surface area (Å²) in [5.74, 6) is -0.776. The van der Waals surface area contributed by atoms with Crippen molar-refractivity contribution in [3.63, 3.8) is 0 Å². The van der Waals surface area contributed by atoms with E-state index in [0.717, 1.165) is 36.5 Å². The molecule has 26 heavy (non-hydrogen) atoms. The van der Waals surface area contributed by atoms with Crippen LogP contribution < -0.4 is 10.4 Å². The predicted molar refractivity (Wildman–Crippen MR) is 95.0 cm³/mol. The fourth-order valence-corrected chi connectivity index (χ4v) is 3.71. The van der Waals surface area contributed by atoms with Gasteiger partial charge in [0.25, 0.3) is 0 Å². The molecule has 1 aromatic heterocycles. The first-order chi connectivity index (χ1) is 12.5. The first-order valence-electron chi connectivity index (χ1n) is 8.75. The van der Waals surface area contributed by atoms with E-state index in [1.807, 2.05) is 18.3 Å². The molecule has 1 aromatic carbocycles. The Hall–Kier alpha value is -2.36. The van der Waals surface area contributed by atoms with Gasteiger partial charge in [-0.25, -0.2) is 4.79 Å². The standard InChI is InChI=1S/C17H21BN4O4/c19-5-6-21-7-13-9-22(20-14(13)10-21)8-12-2-1-11-3-4-18(25)26-16(11)15(12)17(23)24/h1-2,9,25H,3-8,10,19H2,(H,23,24). The van der Waals surface area contributed by atoms with Crippen LogP contribution >= 0.6 is 0 Å². The molecule has 2 aromatic rings. The van der Waals surface area contributed by atoms with Crippen molar-refractivity contribution in [3.8, 4) is 5.75 Å². The van der Waals surface area contributed by atoms with Crippen molar-refractivity contribution in [1.82, 2.24) is 14.7 Å². The topological polar surface area (TPSA) is 114 Å². The summed E-state index contributed by atoms with van der Waals surface area (Å²) in [6.07, 6.45) is 3.04. The zero-order valence-corrected chi connectivity index (χ0v) is 14.4. The van der Waals surface area contributed by atoms with Crippen LogP contribution in [0.1, 0.15) is 32.7 Å². The Morgan fingerprint density at radius 3 is 2.92 bits per heavy atom. The second kappa shape index (κ2) is 6.75. The molecule has 2 aliphatic heterocycles. The van der Waals surface area contributed by atoms with E-state index in [1.165, 1.54) is 0 Å². The highest BCUT2D eigenvalue weighted by Crippen LogP contribution is 2.33. The summed E-state index contributed by atoms with van der Waals surface area (Å²) < 4.78 is 7.21. The molecule has 0 spiro atoms. The van der Waals surface area contributed by atoms with Gasteiger partial charge >= 0.3 is 13.1 Å². The largest absolute Gasteiger partial charge is 0.535 e. The number of nitrogens with two attached hydrogens (primary N) is 1. The van der Waals surface area contributed by atoms with Crippen molar-refractivity contribution < 1.29 is 19.6 Å². The highest BCUT2D eigenvalue weighted by Gasteiger charge is 2.30. The molecule has 0 fully saturated rings. The number of rotatable bonds is 5. The first kappa shape index (κ1) is 17.1. The summed E-state index contributed by atoms with van der Waals surface area (Å²) in [4.78, 5) is 14.1. The van der Waals surface area contributed by atoms with Crippen LogP contribution in [0.3, 0.4) is 0 Å². The molecule has 8 nitrogen and oxygen atoms in total. The normalized spacial score (nSPS) is 16.3. The second-order valence-electron chi connectivity index (χ2n) is 6.80. The molecular formula is C17H21BN4O4. The molecule has 4 rings (SSSR count). The maximum atomic E-state index is 11.8. The number of aromatic carboxylic acids is 1. The first-order valence-corrected chi connectivity index (χ1v) is 8.75. The Bertz CT molecular complexity index is 830. The SMILES string of the molecule is NCCN1Cc2cn(Cc3ccc4c(c3C(=O)O)OB(O)CC4)nc2C1. The van der Waals surface area contributed by atoms with Crippen LogP contribution in [0.25, 0.3) is 0 Å². The van der Waals surface area contributed by atoms with Crippen molar-refractivity contribution in [3.05, 3.63) is 46.3 Å². The third-order valence-corrected chi connectivity index (χ3v) is 4.92. The number of carboxylic acid groups (broad SMARTS) is 1. The van der Waals surface area contributed by atoms with Crippen LogP contribution in [0.15, 0.2) is 18.3 Å². The predicted octanol–water partition coefficient (Wildman–Crippen LogP) is 0.319. The molecule has 0 unspecified atom stereocenters. The third-order valence-electron chi connectivity index (χ3n) is 4.92. The van der Waals surface area contributed by atoms with Crippen LogP contribution in [-0.2, 0) is 26.1 Å². The summed E-state index contributed by atoms with van der Waals surface area (Å²) in [7, 11) is -0.960. The van der Waals surface area contributed by atoms with Crippen LogP contribution in [-0.4, -0.2) is 51.0 Å². The third kappa shape index (κ3) is 3.09. The van der Waals surface area contributed by atoms with Gasteiger partial charge in [-0.1, -0.05) is 12.1 Å². The fourth-order valence-electron chi connectivity index (χ4n) is 3.71. The van der Waals surface area contributed by atoms with Crippen molar-refractivity contribution in [1.29, 1.82) is 0 Å². The molecule has 0 bridgehead atoms. The van der Waals surface area contributed by atoms with Crippen LogP contribution in [0, 0.1) is 0 Å². The van der Waals surface area contributed by atoms with Crippen LogP contribution in [0.2, 0.25) is 6.32 Å². The number of nitrogens with zero attached hydrogens (tertiary/aromatic N) is 3. The van der Waals surface area contributed by atoms with E-state index in [4.69, 9.17) is 10.4 Å². The number of hydrogen-bond acceptors (Lipinski definition) is 6. The van der Waals surface area contributed by atoms with Crippen LogP contribution in [0.4, 0.5) is 0 Å². The minimum Gasteiger partial charge on any atom is -0.535 e. The summed E-state index contributed by atoms with van der Waals surface area (Å²) in [6, 6.07) is 3.69. The minimum absolute atomic E-state index is 0.113. The van der Waals surface area contributed by atoms with Gasteiger partial charge in [0.1, 0.15) is 11.3 Å². The Balaban J connectivity index is 1.61. The lowest BCUT2D eigenvalue weighted by Gasteiger charge is -2.23. The van der Waals surface area contributed by atoms with E-state index in [0.29, 0.717) is 31.4 Å². The smallest absolute Gasteiger partial charge is 0.522 e. The Labute approximate surface area is 151 Å². The molecule has 0 aliphatic carbocycles. The minimum atomic E-state index is -1.06. The van der Waals surface area contributed by atoms with Gasteiger partial charge in [-0.3, -0.25) is 9.58 Å². The summed E-state index contributed by atoms with van der Waals surface area (Å²) in [6.45, 7) is 3.39. The van der Waals surface area contributed by atoms with Gasteiger partial charge < -0.3 is 20.5 Å². The number of aromatic nitrogens is 2. The highest BCUT2D eigenvalue weighted by molar-refractivity contribution is 6.44. The molecule has 9 heteroatoms. The lowest BCUT2D eigenvalue weighted by atomic mass is 9.78. The Kier molecular flexibility index (Phi) is 4.43. The monoisotopic (exact) mass is 356 g/mol. The van der Waals surface area contributed by atoms with Crippen molar-refractivity contribution in [2.45, 2.75) is 32.4 Å². The molecule has 3 heterocycles. The van der Waals surface area contributed by atoms with E-state index in [2.05, 4.69) is 10.00 Å². The quantitative estimate of drug-likeness (QED) is 0.661. The van der Waals surface area contributed by atoms with Gasteiger partial charge in [-0.05, 0) is 23.9 Å². The number of aryl methyl sites for hydroxylation is 1. The number of benzene rings is 1. The van der Waals surface area contributed by atoms with Crippen molar-refractivity contribution in [2.75, 3.05) is 13.1 Å². The number of carbonyl (C=O) groups is 1. The zero-order chi connectivity index (χ0) is 18.3. The second-order valence-corrected chi connectivity index (χ2v) is 6.80. The summed E-state index contributed by atoms with van der Waals surface area (Å²) >= 11 is 0. The van der Waals surface area contributed by atoms with E-state index < -0.39 is 13.1 Å². The van der Waals surface area contributed by atoms with Crippen molar-refractivity contribution in [2.24, 2.45) is 5.73 Å². The average molecular weight is 356 g/mol. The lowest BCUT2D eigenvalue weighted by molar-refractivity contribution is 0.0693. The molecule has 0 amide bonds. The lowest BCUT2D eigenvalue weighted by Crippen LogP contribution is -2.28. The number of carboxylic acids is 1. The number of hydrogen-bond donors (Lipinski definition) is 3. The average Bonchev–Trinajstić information content (AvgIpc) is 3.12. The highest BCUT2D eigenvalue weighted by atomic mass is 16.5. The fraction of sp³-hybridized carbons (Fsp3) is 0.412. The molecule has 4 N–H and O–H groups in total. The maximum Gasteiger partial charge on any atom is 0.522 e. The maximum absolute atomic E-state index is 11.8. The van der Waals surface area contributed by atoms with E-state index in [1.54, 1.807) is 4.68 Å². The molecule has 136 valence electrons. The van der Waals surface area contributed by atoms with Gasteiger partial charge in [-0.2, -0.15) is 5.10 Å². The van der Waals surface area contributed by atoms with E-state index in [9.17, 15) is 14.9 Å². The Morgan fingerprint density at radius 1 is 1.35 bits per heavy atom. The summed E-state index contributed by atoms with van der Waals surface area (Å²) in [5, 5.41) is 24.0. The molecular weight excluding hydrogens is 335 g/mol. The van der Waals surface area contributed by atoms with Gasteiger partial charge in [0.15, 0.2) is 0 Å². The number of fused-ring (bicyclic) bond motifs is 2. The summed E-state index contributed by atoms with van der Waals surface area (Å²) in [5.41, 5.74) is 9.31. The van der Waals surface area contributed by atoms with E-state index in [-0.39, 0.29) is 11.3 Å². The van der Waals surface area contributed by atoms with E-state index >= 15 is 0 Å². The van der Waals surface area contributed by atoms with Crippen LogP contribution in [0.5, 0.6) is 5.75 Å². The van der Waals surface area contributed by atoms with Crippen molar-refractivity contribution >= 4 is 13.1 Å². The van der Waals surface area contributed by atoms with Gasteiger partial charge in [0.2, 0.25) is 0 Å². The van der Waals surface area contributed by atoms with Gasteiger partial charge in [-0.15, -0.1) is 0 Å².